The number of rotatable bonds is 1. The van der Waals surface area contributed by atoms with Crippen molar-refractivity contribution in [2.45, 2.75) is 6.04 Å². The van der Waals surface area contributed by atoms with Gasteiger partial charge >= 0.3 is 0 Å². The van der Waals surface area contributed by atoms with Gasteiger partial charge in [0.05, 0.1) is 11.7 Å². The molecular weight excluding hydrogens is 268 g/mol. The van der Waals surface area contributed by atoms with Crippen LogP contribution in [0.1, 0.15) is 6.04 Å². The molecule has 0 spiro atoms. The number of fused-ring (bicyclic) bond motifs is 1. The summed E-state index contributed by atoms with van der Waals surface area (Å²) in [5, 5.41) is 9.88. The zero-order chi connectivity index (χ0) is 13.6. The van der Waals surface area contributed by atoms with Crippen molar-refractivity contribution >= 4 is 40.4 Å². The third-order valence-corrected chi connectivity index (χ3v) is 3.27. The quantitative estimate of drug-likeness (QED) is 0.737. The first-order chi connectivity index (χ1) is 9.09. The Morgan fingerprint density at radius 2 is 2.00 bits per heavy atom. The van der Waals surface area contributed by atoms with Crippen LogP contribution in [0.4, 0.5) is 0 Å². The van der Waals surface area contributed by atoms with Crippen LogP contribution in [0.2, 0.25) is 5.15 Å². The molecule has 0 N–H and O–H groups in total. The van der Waals surface area contributed by atoms with Crippen LogP contribution in [0, 0.1) is 0 Å². The molecule has 0 saturated carbocycles. The topological polar surface area (TPSA) is 67.6 Å². The molecule has 0 aliphatic carbocycles. The zero-order valence-corrected chi connectivity index (χ0v) is 10.7. The summed E-state index contributed by atoms with van der Waals surface area (Å²) in [6.45, 7) is 0. The Balaban J connectivity index is 2.22. The Bertz CT molecular complexity index is 722. The normalized spacial score (nSPS) is 19.5. The number of halogens is 1. The van der Waals surface area contributed by atoms with E-state index < -0.39 is 17.7 Å². The lowest BCUT2D eigenvalue weighted by Crippen LogP contribution is -2.41. The van der Waals surface area contributed by atoms with Gasteiger partial charge in [0, 0.05) is 12.4 Å². The summed E-state index contributed by atoms with van der Waals surface area (Å²) < 4.78 is 1.35. The van der Waals surface area contributed by atoms with Crippen LogP contribution in [0.25, 0.3) is 10.9 Å². The molecule has 7 heteroatoms. The second-order valence-electron chi connectivity index (χ2n) is 4.16. The maximum absolute atomic E-state index is 12.1. The highest BCUT2D eigenvalue weighted by Crippen LogP contribution is 2.27. The van der Waals surface area contributed by atoms with E-state index in [4.69, 9.17) is 11.6 Å². The minimum Gasteiger partial charge on any atom is -0.290 e. The van der Waals surface area contributed by atoms with E-state index in [0.29, 0.717) is 10.9 Å². The number of nitrogens with zero attached hydrogens (tertiary/aromatic N) is 4. The Hall–Kier alpha value is -2.21. The van der Waals surface area contributed by atoms with E-state index in [-0.39, 0.29) is 5.15 Å². The first kappa shape index (κ1) is 11.9. The molecule has 1 amide bonds. The van der Waals surface area contributed by atoms with Crippen molar-refractivity contribution < 1.29 is 9.59 Å². The number of benzene rings is 1. The predicted octanol–water partition coefficient (Wildman–Crippen LogP) is 1.26. The van der Waals surface area contributed by atoms with Crippen LogP contribution in [-0.2, 0) is 9.59 Å². The highest BCUT2D eigenvalue weighted by atomic mass is 35.5. The van der Waals surface area contributed by atoms with Crippen molar-refractivity contribution in [3.8, 4) is 0 Å². The van der Waals surface area contributed by atoms with E-state index in [1.165, 1.54) is 11.7 Å². The van der Waals surface area contributed by atoms with Crippen molar-refractivity contribution in [2.24, 2.45) is 5.10 Å². The molecule has 19 heavy (non-hydrogen) atoms. The van der Waals surface area contributed by atoms with Gasteiger partial charge in [0.25, 0.3) is 5.91 Å². The fraction of sp³-hybridized carbons (Fsp3) is 0.167. The highest BCUT2D eigenvalue weighted by Gasteiger charge is 2.35. The summed E-state index contributed by atoms with van der Waals surface area (Å²) in [6.07, 6.45) is 1.12. The van der Waals surface area contributed by atoms with Crippen LogP contribution < -0.4 is 0 Å². The zero-order valence-electron chi connectivity index (χ0n) is 9.95. The van der Waals surface area contributed by atoms with E-state index in [2.05, 4.69) is 10.2 Å². The van der Waals surface area contributed by atoms with Gasteiger partial charge in [0.15, 0.2) is 11.2 Å². The molecule has 2 aromatic rings. The average Bonchev–Trinajstić information content (AvgIpc) is 2.73. The first-order valence-electron chi connectivity index (χ1n) is 5.58. The molecule has 96 valence electrons. The van der Waals surface area contributed by atoms with Gasteiger partial charge in [0.2, 0.25) is 5.78 Å². The molecule has 0 fully saturated rings. The number of hydrogen-bond acceptors (Lipinski definition) is 4. The van der Waals surface area contributed by atoms with E-state index >= 15 is 0 Å². The van der Waals surface area contributed by atoms with Gasteiger partial charge in [-0.05, 0) is 12.1 Å². The SMILES string of the molecule is CN1N=CC(=O)C(n2nc(Cl)c3ccccc32)C1=O. The number of likely N-dealkylation sites (N-methyl/N-ethyl adjacent to an activating group) is 1. The minimum absolute atomic E-state index is 0.265. The molecule has 2 heterocycles. The predicted molar refractivity (Wildman–Crippen MR) is 70.0 cm³/mol. The number of carbonyl (C=O) groups excluding carboxylic acids is 2. The standard InChI is InChI=1S/C12H9ClN4O2/c1-16-12(19)10(9(18)6-14-16)17-8-5-3-2-4-7(8)11(13)15-17/h2-6,10H,1H3. The van der Waals surface area contributed by atoms with E-state index in [0.717, 1.165) is 11.2 Å². The maximum Gasteiger partial charge on any atom is 0.275 e. The second-order valence-corrected chi connectivity index (χ2v) is 4.52. The fourth-order valence-corrected chi connectivity index (χ4v) is 2.28. The first-order valence-corrected chi connectivity index (χ1v) is 5.95. The molecule has 0 saturated heterocycles. The summed E-state index contributed by atoms with van der Waals surface area (Å²) in [5.41, 5.74) is 0.642. The number of ketones is 1. The molecule has 0 radical (unpaired) electrons. The van der Waals surface area contributed by atoms with E-state index in [1.807, 2.05) is 6.07 Å². The van der Waals surface area contributed by atoms with Crippen molar-refractivity contribution in [1.29, 1.82) is 0 Å². The number of hydrazone groups is 1. The van der Waals surface area contributed by atoms with Gasteiger partial charge in [0.1, 0.15) is 0 Å². The van der Waals surface area contributed by atoms with E-state index in [1.54, 1.807) is 18.2 Å². The molecule has 0 bridgehead atoms. The van der Waals surface area contributed by atoms with Gasteiger partial charge in [-0.1, -0.05) is 23.7 Å². The van der Waals surface area contributed by atoms with Crippen LogP contribution in [-0.4, -0.2) is 39.7 Å². The molecule has 1 aromatic carbocycles. The molecule has 1 unspecified atom stereocenters. The molecule has 1 aromatic heterocycles. The molecule has 1 aliphatic heterocycles. The van der Waals surface area contributed by atoms with Gasteiger partial charge < -0.3 is 0 Å². The number of para-hydroxylation sites is 1. The Labute approximate surface area is 113 Å². The average molecular weight is 277 g/mol. The lowest BCUT2D eigenvalue weighted by Gasteiger charge is -2.22. The summed E-state index contributed by atoms with van der Waals surface area (Å²) in [7, 11) is 1.49. The fourth-order valence-electron chi connectivity index (χ4n) is 2.04. The molecule has 3 rings (SSSR count). The van der Waals surface area contributed by atoms with Crippen LogP contribution in [0.3, 0.4) is 0 Å². The van der Waals surface area contributed by atoms with Gasteiger partial charge in [-0.2, -0.15) is 10.2 Å². The summed E-state index contributed by atoms with van der Waals surface area (Å²) >= 11 is 6.03. The Kier molecular flexibility index (Phi) is 2.60. The van der Waals surface area contributed by atoms with Gasteiger partial charge in [-0.3, -0.25) is 9.59 Å². The summed E-state index contributed by atoms with van der Waals surface area (Å²) in [6, 6.07) is 6.13. The van der Waals surface area contributed by atoms with E-state index in [9.17, 15) is 9.59 Å². The number of aromatic nitrogens is 2. The summed E-state index contributed by atoms with van der Waals surface area (Å²) in [5.74, 6) is -0.842. The maximum atomic E-state index is 12.1. The highest BCUT2D eigenvalue weighted by molar-refractivity contribution is 6.36. The molecule has 6 nitrogen and oxygen atoms in total. The lowest BCUT2D eigenvalue weighted by atomic mass is 10.1. The molecule has 1 aliphatic rings. The van der Waals surface area contributed by atoms with Crippen molar-refractivity contribution in [2.75, 3.05) is 7.05 Å². The van der Waals surface area contributed by atoms with Crippen LogP contribution in [0.5, 0.6) is 0 Å². The summed E-state index contributed by atoms with van der Waals surface area (Å²) in [4.78, 5) is 24.0. The third kappa shape index (κ3) is 1.72. The number of carbonyl (C=O) groups is 2. The number of amides is 1. The van der Waals surface area contributed by atoms with Crippen molar-refractivity contribution in [1.82, 2.24) is 14.8 Å². The monoisotopic (exact) mass is 276 g/mol. The largest absolute Gasteiger partial charge is 0.290 e. The molecular formula is C12H9ClN4O2. The van der Waals surface area contributed by atoms with Crippen molar-refractivity contribution in [3.63, 3.8) is 0 Å². The third-order valence-electron chi connectivity index (χ3n) is 2.99. The Morgan fingerprint density at radius 1 is 1.26 bits per heavy atom. The minimum atomic E-state index is -1.04. The van der Waals surface area contributed by atoms with Gasteiger partial charge in [-0.15, -0.1) is 0 Å². The Morgan fingerprint density at radius 3 is 2.79 bits per heavy atom. The van der Waals surface area contributed by atoms with Gasteiger partial charge in [-0.25, -0.2) is 9.69 Å². The van der Waals surface area contributed by atoms with Crippen molar-refractivity contribution in [3.05, 3.63) is 29.4 Å². The smallest absolute Gasteiger partial charge is 0.275 e. The lowest BCUT2D eigenvalue weighted by molar-refractivity contribution is -0.138. The number of hydrogen-bond donors (Lipinski definition) is 0. The second kappa shape index (κ2) is 4.17. The van der Waals surface area contributed by atoms with Crippen LogP contribution >= 0.6 is 11.6 Å². The molecule has 1 atom stereocenters. The number of Topliss-reactive ketones (excluding diaryl/α,β-unsaturated/α-hetero) is 1. The van der Waals surface area contributed by atoms with Crippen LogP contribution in [0.15, 0.2) is 29.4 Å².